The highest BCUT2D eigenvalue weighted by Gasteiger charge is 2.14. The second kappa shape index (κ2) is 8.73. The third-order valence-corrected chi connectivity index (χ3v) is 5.39. The summed E-state index contributed by atoms with van der Waals surface area (Å²) in [6.45, 7) is 0.447. The number of nitrogens with zero attached hydrogens (tertiary/aromatic N) is 1. The van der Waals surface area contributed by atoms with Gasteiger partial charge in [-0.05, 0) is 48.0 Å². The number of carbonyl (C=O) groups is 1. The molecule has 0 aliphatic rings. The van der Waals surface area contributed by atoms with E-state index in [-0.39, 0.29) is 17.3 Å². The third-order valence-electron chi connectivity index (χ3n) is 3.97. The fourth-order valence-electron chi connectivity index (χ4n) is 2.43. The summed E-state index contributed by atoms with van der Waals surface area (Å²) in [4.78, 5) is 13.8. The highest BCUT2D eigenvalue weighted by molar-refractivity contribution is 7.89. The topological polar surface area (TPSA) is 92.8 Å². The summed E-state index contributed by atoms with van der Waals surface area (Å²) in [5, 5.41) is 0. The van der Waals surface area contributed by atoms with Gasteiger partial charge in [0.2, 0.25) is 15.9 Å². The number of carbonyl (C=O) groups excluding carboxylic acids is 1. The molecule has 0 radical (unpaired) electrons. The SMILES string of the molecule is CN(Cc1ccco1)C(=O)C=Cc1ccc(S(=O)(=O)NCc2ccco2)cc1. The average Bonchev–Trinajstić information content (AvgIpc) is 3.39. The molecule has 3 rings (SSSR count). The lowest BCUT2D eigenvalue weighted by atomic mass is 10.2. The van der Waals surface area contributed by atoms with Crippen molar-refractivity contribution in [3.63, 3.8) is 0 Å². The fourth-order valence-corrected chi connectivity index (χ4v) is 3.42. The summed E-state index contributed by atoms with van der Waals surface area (Å²) in [7, 11) is -1.97. The van der Waals surface area contributed by atoms with E-state index in [1.165, 1.54) is 29.4 Å². The van der Waals surface area contributed by atoms with E-state index in [0.717, 1.165) is 0 Å². The second-order valence-corrected chi connectivity index (χ2v) is 7.85. The van der Waals surface area contributed by atoms with Crippen LogP contribution in [-0.2, 0) is 27.9 Å². The van der Waals surface area contributed by atoms with E-state index < -0.39 is 10.0 Å². The van der Waals surface area contributed by atoms with Gasteiger partial charge in [0, 0.05) is 13.1 Å². The summed E-state index contributed by atoms with van der Waals surface area (Å²) < 4.78 is 37.4. The minimum Gasteiger partial charge on any atom is -0.468 e. The Morgan fingerprint density at radius 2 is 1.68 bits per heavy atom. The fraction of sp³-hybridized carbons (Fsp3) is 0.150. The van der Waals surface area contributed by atoms with Crippen LogP contribution in [0.1, 0.15) is 17.1 Å². The highest BCUT2D eigenvalue weighted by Crippen LogP contribution is 2.13. The van der Waals surface area contributed by atoms with E-state index in [1.807, 2.05) is 0 Å². The Hall–Kier alpha value is -3.10. The molecular formula is C20H20N2O5S. The van der Waals surface area contributed by atoms with E-state index in [9.17, 15) is 13.2 Å². The number of amides is 1. The van der Waals surface area contributed by atoms with E-state index in [0.29, 0.717) is 23.6 Å². The number of nitrogens with one attached hydrogen (secondary N) is 1. The molecule has 0 unspecified atom stereocenters. The summed E-state index contributed by atoms with van der Waals surface area (Å²) in [5.74, 6) is 1.04. The number of furan rings is 2. The van der Waals surface area contributed by atoms with Crippen molar-refractivity contribution in [3.8, 4) is 0 Å². The van der Waals surface area contributed by atoms with Crippen molar-refractivity contribution >= 4 is 22.0 Å². The molecule has 1 amide bonds. The van der Waals surface area contributed by atoms with Gasteiger partial charge in [-0.3, -0.25) is 4.79 Å². The quantitative estimate of drug-likeness (QED) is 0.587. The van der Waals surface area contributed by atoms with Crippen LogP contribution in [0.5, 0.6) is 0 Å². The predicted molar refractivity (Wildman–Crippen MR) is 103 cm³/mol. The maximum Gasteiger partial charge on any atom is 0.246 e. The van der Waals surface area contributed by atoms with Crippen LogP contribution in [0.25, 0.3) is 6.08 Å². The molecule has 0 aliphatic carbocycles. The molecule has 1 aromatic carbocycles. The summed E-state index contributed by atoms with van der Waals surface area (Å²) in [6.07, 6.45) is 6.11. The van der Waals surface area contributed by atoms with Crippen LogP contribution in [-0.4, -0.2) is 26.3 Å². The standard InChI is InChI=1S/C20H20N2O5S/c1-22(15-18-5-3-13-27-18)20(23)11-8-16-6-9-19(10-7-16)28(24,25)21-14-17-4-2-12-26-17/h2-13,21H,14-15H2,1H3. The Kier molecular flexibility index (Phi) is 6.13. The molecule has 1 N–H and O–H groups in total. The first kappa shape index (κ1) is 19.7. The highest BCUT2D eigenvalue weighted by atomic mass is 32.2. The largest absolute Gasteiger partial charge is 0.468 e. The zero-order valence-corrected chi connectivity index (χ0v) is 16.1. The number of rotatable bonds is 8. The number of hydrogen-bond donors (Lipinski definition) is 1. The average molecular weight is 400 g/mol. The van der Waals surface area contributed by atoms with Gasteiger partial charge in [0.05, 0.1) is 30.5 Å². The second-order valence-electron chi connectivity index (χ2n) is 6.08. The molecule has 28 heavy (non-hydrogen) atoms. The van der Waals surface area contributed by atoms with E-state index in [1.54, 1.807) is 55.8 Å². The van der Waals surface area contributed by atoms with Crippen molar-refractivity contribution in [2.24, 2.45) is 0 Å². The normalized spacial score (nSPS) is 11.8. The molecule has 2 heterocycles. The van der Waals surface area contributed by atoms with Crippen LogP contribution in [0.3, 0.4) is 0 Å². The van der Waals surface area contributed by atoms with Crippen molar-refractivity contribution in [2.75, 3.05) is 7.05 Å². The molecule has 0 saturated carbocycles. The van der Waals surface area contributed by atoms with E-state index >= 15 is 0 Å². The van der Waals surface area contributed by atoms with Crippen molar-refractivity contribution in [1.29, 1.82) is 0 Å². The number of sulfonamides is 1. The van der Waals surface area contributed by atoms with Crippen LogP contribution in [0.15, 0.2) is 80.9 Å². The third kappa shape index (κ3) is 5.21. The van der Waals surface area contributed by atoms with Crippen LogP contribution in [0.4, 0.5) is 0 Å². The Balaban J connectivity index is 1.58. The smallest absolute Gasteiger partial charge is 0.246 e. The molecule has 8 heteroatoms. The molecule has 0 fully saturated rings. The van der Waals surface area contributed by atoms with Gasteiger partial charge in [-0.1, -0.05) is 12.1 Å². The molecule has 3 aromatic rings. The summed E-state index contributed by atoms with van der Waals surface area (Å²) >= 11 is 0. The number of likely N-dealkylation sites (N-methyl/N-ethyl adjacent to an activating group) is 1. The van der Waals surface area contributed by atoms with Crippen molar-refractivity contribution in [3.05, 3.63) is 84.2 Å². The lowest BCUT2D eigenvalue weighted by Gasteiger charge is -2.12. The molecule has 2 aromatic heterocycles. The van der Waals surface area contributed by atoms with Gasteiger partial charge in [-0.25, -0.2) is 13.1 Å². The summed E-state index contributed by atoms with van der Waals surface area (Å²) in [6, 6.07) is 13.2. The maximum absolute atomic E-state index is 12.3. The predicted octanol–water partition coefficient (Wildman–Crippen LogP) is 3.02. The molecular weight excluding hydrogens is 380 g/mol. The van der Waals surface area contributed by atoms with Gasteiger partial charge in [0.1, 0.15) is 11.5 Å². The van der Waals surface area contributed by atoms with Crippen LogP contribution in [0, 0.1) is 0 Å². The lowest BCUT2D eigenvalue weighted by molar-refractivity contribution is -0.125. The van der Waals surface area contributed by atoms with Gasteiger partial charge in [0.25, 0.3) is 0 Å². The van der Waals surface area contributed by atoms with Crippen LogP contribution >= 0.6 is 0 Å². The Morgan fingerprint density at radius 1 is 1.04 bits per heavy atom. The van der Waals surface area contributed by atoms with Gasteiger partial charge in [0.15, 0.2) is 0 Å². The molecule has 0 spiro atoms. The number of benzene rings is 1. The Morgan fingerprint density at radius 3 is 2.29 bits per heavy atom. The van der Waals surface area contributed by atoms with Crippen molar-refractivity contribution in [1.82, 2.24) is 9.62 Å². The van der Waals surface area contributed by atoms with Crippen LogP contribution < -0.4 is 4.72 Å². The Labute approximate surface area is 163 Å². The van der Waals surface area contributed by atoms with E-state index in [4.69, 9.17) is 8.83 Å². The molecule has 0 saturated heterocycles. The summed E-state index contributed by atoms with van der Waals surface area (Å²) in [5.41, 5.74) is 0.713. The zero-order chi connectivity index (χ0) is 20.0. The lowest BCUT2D eigenvalue weighted by Crippen LogP contribution is -2.23. The maximum atomic E-state index is 12.3. The van der Waals surface area contributed by atoms with Gasteiger partial charge >= 0.3 is 0 Å². The molecule has 7 nitrogen and oxygen atoms in total. The molecule has 0 atom stereocenters. The first-order valence-corrected chi connectivity index (χ1v) is 10.00. The monoisotopic (exact) mass is 400 g/mol. The first-order valence-electron chi connectivity index (χ1n) is 8.52. The van der Waals surface area contributed by atoms with Gasteiger partial charge in [-0.15, -0.1) is 0 Å². The zero-order valence-electron chi connectivity index (χ0n) is 15.2. The van der Waals surface area contributed by atoms with Gasteiger partial charge < -0.3 is 13.7 Å². The molecule has 0 aliphatic heterocycles. The minimum absolute atomic E-state index is 0.0769. The van der Waals surface area contributed by atoms with Gasteiger partial charge in [-0.2, -0.15) is 0 Å². The molecule has 0 bridgehead atoms. The van der Waals surface area contributed by atoms with Crippen molar-refractivity contribution in [2.45, 2.75) is 18.0 Å². The van der Waals surface area contributed by atoms with E-state index in [2.05, 4.69) is 4.72 Å². The molecule has 146 valence electrons. The first-order chi connectivity index (χ1) is 13.4. The minimum atomic E-state index is -3.65. The van der Waals surface area contributed by atoms with Crippen LogP contribution in [0.2, 0.25) is 0 Å². The Bertz CT molecular complexity index is 1020. The van der Waals surface area contributed by atoms with Crippen molar-refractivity contribution < 1.29 is 22.0 Å². The number of hydrogen-bond acceptors (Lipinski definition) is 5.